The van der Waals surface area contributed by atoms with E-state index in [0.717, 1.165) is 6.42 Å². The van der Waals surface area contributed by atoms with Crippen LogP contribution < -0.4 is 0 Å². The second kappa shape index (κ2) is 6.12. The van der Waals surface area contributed by atoms with Crippen molar-refractivity contribution < 1.29 is 18.3 Å². The lowest BCUT2D eigenvalue weighted by atomic mass is 10.3. The first-order chi connectivity index (χ1) is 7.07. The summed E-state index contributed by atoms with van der Waals surface area (Å²) in [6.45, 7) is 4.49. The van der Waals surface area contributed by atoms with Crippen molar-refractivity contribution in [2.75, 3.05) is 14.2 Å². The van der Waals surface area contributed by atoms with Crippen LogP contribution in [-0.4, -0.2) is 44.5 Å². The van der Waals surface area contributed by atoms with Gasteiger partial charge >= 0.3 is 0 Å². The molecule has 4 nitrogen and oxygen atoms in total. The van der Waals surface area contributed by atoms with Crippen LogP contribution in [0.4, 0.5) is 0 Å². The molecule has 90 valence electrons. The van der Waals surface area contributed by atoms with E-state index in [2.05, 4.69) is 13.1 Å². The van der Waals surface area contributed by atoms with Crippen LogP contribution >= 0.6 is 0 Å². The van der Waals surface area contributed by atoms with Crippen molar-refractivity contribution in [2.24, 2.45) is 0 Å². The maximum Gasteiger partial charge on any atom is 0.227 e. The highest BCUT2D eigenvalue weighted by atomic mass is 28.4. The van der Waals surface area contributed by atoms with Crippen molar-refractivity contribution in [1.29, 1.82) is 0 Å². The quantitative estimate of drug-likeness (QED) is 0.539. The van der Waals surface area contributed by atoms with Crippen LogP contribution in [0.2, 0.25) is 19.1 Å². The average molecular weight is 250 g/mol. The van der Waals surface area contributed by atoms with E-state index in [1.54, 1.807) is 14.2 Å². The molecule has 0 amide bonds. The van der Waals surface area contributed by atoms with E-state index in [-0.39, 0.29) is 12.2 Å². The summed E-state index contributed by atoms with van der Waals surface area (Å²) in [5.41, 5.74) is 0. The lowest BCUT2D eigenvalue weighted by molar-refractivity contribution is -0.0751. The largest absolute Gasteiger partial charge is 0.394 e. The van der Waals surface area contributed by atoms with Gasteiger partial charge in [0.25, 0.3) is 0 Å². The van der Waals surface area contributed by atoms with Gasteiger partial charge in [-0.15, -0.1) is 0 Å². The minimum atomic E-state index is -1.43. The monoisotopic (exact) mass is 250 g/mol. The Hall–Kier alpha value is 0.274. The van der Waals surface area contributed by atoms with E-state index in [4.69, 9.17) is 18.3 Å². The third-order valence-electron chi connectivity index (χ3n) is 2.61. The van der Waals surface area contributed by atoms with E-state index in [0.29, 0.717) is 0 Å². The van der Waals surface area contributed by atoms with Gasteiger partial charge in [-0.25, -0.2) is 0 Å². The van der Waals surface area contributed by atoms with Gasteiger partial charge in [0.1, 0.15) is 6.29 Å². The molecule has 0 aromatic heterocycles. The first-order valence-electron chi connectivity index (χ1n) is 5.42. The van der Waals surface area contributed by atoms with Crippen LogP contribution in [0.3, 0.4) is 0 Å². The summed E-state index contributed by atoms with van der Waals surface area (Å²) in [6, 6.07) is 1.24. The molecule has 0 aromatic rings. The smallest absolute Gasteiger partial charge is 0.227 e. The Morgan fingerprint density at radius 3 is 2.53 bits per heavy atom. The third kappa shape index (κ3) is 4.75. The van der Waals surface area contributed by atoms with Crippen molar-refractivity contribution in [2.45, 2.75) is 44.2 Å². The molecule has 0 aromatic carbocycles. The van der Waals surface area contributed by atoms with Crippen molar-refractivity contribution >= 4 is 18.1 Å². The molecule has 1 atom stereocenters. The predicted molar refractivity (Wildman–Crippen MR) is 63.8 cm³/mol. The molecule has 0 N–H and O–H groups in total. The van der Waals surface area contributed by atoms with Gasteiger partial charge in [-0.2, -0.15) is 0 Å². The summed E-state index contributed by atoms with van der Waals surface area (Å²) >= 11 is 0. The molecule has 1 rings (SSSR count). The summed E-state index contributed by atoms with van der Waals surface area (Å²) in [5.74, 6) is -0.152. The van der Waals surface area contributed by atoms with Gasteiger partial charge in [-0.3, -0.25) is 0 Å². The molecular weight excluding hydrogens is 228 g/mol. The molecule has 0 spiro atoms. The maximum absolute atomic E-state index is 5.95. The van der Waals surface area contributed by atoms with Crippen molar-refractivity contribution in [3.05, 3.63) is 0 Å². The summed E-state index contributed by atoms with van der Waals surface area (Å²) in [6.07, 6.45) is 2.24. The molecular formula is C9H22O4Si2. The van der Waals surface area contributed by atoms with Gasteiger partial charge in [0.05, 0.1) is 0 Å². The van der Waals surface area contributed by atoms with Crippen molar-refractivity contribution in [1.82, 2.24) is 0 Å². The second-order valence-electron chi connectivity index (χ2n) is 4.43. The van der Waals surface area contributed by atoms with Gasteiger partial charge in [0, 0.05) is 14.2 Å². The lowest BCUT2D eigenvalue weighted by Crippen LogP contribution is -2.42. The van der Waals surface area contributed by atoms with Crippen LogP contribution in [0, 0.1) is 0 Å². The van der Waals surface area contributed by atoms with Crippen LogP contribution in [-0.2, 0) is 18.3 Å². The zero-order valence-electron chi connectivity index (χ0n) is 10.1. The predicted octanol–water partition coefficient (Wildman–Crippen LogP) is 1.00. The van der Waals surface area contributed by atoms with Crippen molar-refractivity contribution in [3.8, 4) is 0 Å². The van der Waals surface area contributed by atoms with Gasteiger partial charge < -0.3 is 18.3 Å². The van der Waals surface area contributed by atoms with Crippen LogP contribution in [0.25, 0.3) is 0 Å². The molecule has 6 heteroatoms. The highest BCUT2D eigenvalue weighted by Crippen LogP contribution is 2.26. The molecule has 15 heavy (non-hydrogen) atoms. The maximum atomic E-state index is 5.95. The minimum Gasteiger partial charge on any atom is -0.394 e. The zero-order valence-corrected chi connectivity index (χ0v) is 12.5. The number of methoxy groups -OCH3 is 2. The van der Waals surface area contributed by atoms with Gasteiger partial charge in [0.2, 0.25) is 9.76 Å². The molecule has 1 heterocycles. The van der Waals surface area contributed by atoms with Crippen LogP contribution in [0.1, 0.15) is 12.8 Å². The highest BCUT2D eigenvalue weighted by molar-refractivity contribution is 6.71. The number of ether oxygens (including phenoxy) is 2. The lowest BCUT2D eigenvalue weighted by Gasteiger charge is -2.34. The van der Waals surface area contributed by atoms with E-state index in [9.17, 15) is 0 Å². The third-order valence-corrected chi connectivity index (χ3v) is 6.57. The fourth-order valence-corrected chi connectivity index (χ4v) is 4.79. The Kier molecular flexibility index (Phi) is 5.44. The molecule has 0 aliphatic carbocycles. The molecule has 0 radical (unpaired) electrons. The van der Waals surface area contributed by atoms with Crippen LogP contribution in [0.5, 0.6) is 0 Å². The highest BCUT2D eigenvalue weighted by Gasteiger charge is 2.31. The molecule has 1 fully saturated rings. The molecule has 0 bridgehead atoms. The van der Waals surface area contributed by atoms with E-state index in [1.165, 1.54) is 12.5 Å². The SMILES string of the molecule is COC(OC)[SiH2]OC1CCC[Si](C)(C)O1. The minimum absolute atomic E-state index is 0.000108. The fraction of sp³-hybridized carbons (Fsp3) is 1.00. The Balaban J connectivity index is 2.26. The average Bonchev–Trinajstić information content (AvgIpc) is 2.18. The summed E-state index contributed by atoms with van der Waals surface area (Å²) in [7, 11) is 1.04. The number of hydrogen-bond acceptors (Lipinski definition) is 4. The van der Waals surface area contributed by atoms with E-state index in [1.807, 2.05) is 0 Å². The summed E-state index contributed by atoms with van der Waals surface area (Å²) < 4.78 is 21.9. The summed E-state index contributed by atoms with van der Waals surface area (Å²) in [5, 5.41) is 0. The molecule has 1 aliphatic heterocycles. The number of rotatable bonds is 5. The Labute approximate surface area is 95.3 Å². The Bertz CT molecular complexity index is 185. The fourth-order valence-electron chi connectivity index (χ4n) is 1.70. The Morgan fingerprint density at radius 1 is 1.33 bits per heavy atom. The first kappa shape index (κ1) is 13.3. The first-order valence-corrected chi connectivity index (χ1v) is 9.93. The second-order valence-corrected chi connectivity index (χ2v) is 10.0. The van der Waals surface area contributed by atoms with E-state index < -0.39 is 18.1 Å². The molecule has 1 unspecified atom stereocenters. The molecule has 1 saturated heterocycles. The normalized spacial score (nSPS) is 26.6. The topological polar surface area (TPSA) is 36.9 Å². The standard InChI is InChI=1S/C9H22O4Si2/c1-10-9(11-2)14-12-8-6-5-7-15(3,4)13-8/h8-9H,5-7,14H2,1-4H3. The van der Waals surface area contributed by atoms with Gasteiger partial charge in [0.15, 0.2) is 14.2 Å². The number of hydrogen-bond donors (Lipinski definition) is 0. The molecule has 1 aliphatic rings. The van der Waals surface area contributed by atoms with Gasteiger partial charge in [-0.1, -0.05) is 0 Å². The van der Waals surface area contributed by atoms with E-state index >= 15 is 0 Å². The Morgan fingerprint density at radius 2 is 2.00 bits per heavy atom. The van der Waals surface area contributed by atoms with Crippen molar-refractivity contribution in [3.63, 3.8) is 0 Å². The van der Waals surface area contributed by atoms with Crippen LogP contribution in [0.15, 0.2) is 0 Å². The van der Waals surface area contributed by atoms with Gasteiger partial charge in [-0.05, 0) is 32.0 Å². The molecule has 0 saturated carbocycles. The summed E-state index contributed by atoms with van der Waals surface area (Å²) in [4.78, 5) is 0. The zero-order chi connectivity index (χ0) is 11.3.